The Kier molecular flexibility index (Phi) is 5.22. The summed E-state index contributed by atoms with van der Waals surface area (Å²) in [4.78, 5) is 13.0. The molecule has 22 heavy (non-hydrogen) atoms. The molecule has 2 saturated carbocycles. The van der Waals surface area contributed by atoms with Crippen molar-refractivity contribution in [1.29, 1.82) is 0 Å². The Bertz CT molecular complexity index is 466. The summed E-state index contributed by atoms with van der Waals surface area (Å²) in [5, 5.41) is 2.22. The number of carbonyl (C=O) groups is 1. The van der Waals surface area contributed by atoms with Crippen molar-refractivity contribution in [2.45, 2.75) is 69.6 Å². The maximum Gasteiger partial charge on any atom is 0.305 e. The van der Waals surface area contributed by atoms with Gasteiger partial charge in [0, 0.05) is 16.7 Å². The van der Waals surface area contributed by atoms with Crippen LogP contribution in [0, 0.1) is 11.8 Å². The maximum absolute atomic E-state index is 11.5. The van der Waals surface area contributed by atoms with E-state index in [9.17, 15) is 4.79 Å². The first-order chi connectivity index (χ1) is 10.8. The van der Waals surface area contributed by atoms with E-state index >= 15 is 0 Å². The van der Waals surface area contributed by atoms with E-state index in [2.05, 4.69) is 17.5 Å². The lowest BCUT2D eigenvalue weighted by Gasteiger charge is -2.18. The highest BCUT2D eigenvalue weighted by Gasteiger charge is 2.63. The highest BCUT2D eigenvalue weighted by molar-refractivity contribution is 7.10. The lowest BCUT2D eigenvalue weighted by atomic mass is 9.89. The van der Waals surface area contributed by atoms with E-state index in [4.69, 9.17) is 4.74 Å². The molecule has 2 nitrogen and oxygen atoms in total. The van der Waals surface area contributed by atoms with Crippen molar-refractivity contribution in [3.63, 3.8) is 0 Å². The molecule has 1 heterocycles. The van der Waals surface area contributed by atoms with Crippen molar-refractivity contribution in [2.75, 3.05) is 7.11 Å². The standard InChI is InChI=1S/C19H28O2S/c1-21-18(20)12-7-13-19(17-11-8-14-22-17)15-9-5-3-2-4-6-10-16(15)19/h8,11,14-16H,2-7,9-10,12-13H2,1H3. The number of methoxy groups -OCH3 is 1. The molecule has 0 amide bonds. The van der Waals surface area contributed by atoms with Gasteiger partial charge in [0.15, 0.2) is 0 Å². The Morgan fingerprint density at radius 2 is 1.91 bits per heavy atom. The molecule has 0 saturated heterocycles. The van der Waals surface area contributed by atoms with Gasteiger partial charge in [-0.3, -0.25) is 4.79 Å². The van der Waals surface area contributed by atoms with E-state index in [0.29, 0.717) is 11.8 Å². The summed E-state index contributed by atoms with van der Waals surface area (Å²) in [5.41, 5.74) is 0.388. The average Bonchev–Trinajstić information content (AvgIpc) is 2.96. The van der Waals surface area contributed by atoms with Crippen molar-refractivity contribution in [3.05, 3.63) is 22.4 Å². The first-order valence-electron chi connectivity index (χ1n) is 8.90. The van der Waals surface area contributed by atoms with E-state index in [1.54, 1.807) is 4.88 Å². The van der Waals surface area contributed by atoms with Crippen molar-refractivity contribution in [2.24, 2.45) is 11.8 Å². The molecular weight excluding hydrogens is 292 g/mol. The summed E-state index contributed by atoms with van der Waals surface area (Å²) in [6.07, 6.45) is 12.5. The molecule has 2 fully saturated rings. The van der Waals surface area contributed by atoms with Gasteiger partial charge in [0.25, 0.3) is 0 Å². The molecule has 2 unspecified atom stereocenters. The van der Waals surface area contributed by atoms with Crippen LogP contribution in [0.1, 0.15) is 69.1 Å². The van der Waals surface area contributed by atoms with Crippen LogP contribution in [0.2, 0.25) is 0 Å². The Morgan fingerprint density at radius 3 is 2.50 bits per heavy atom. The average molecular weight is 320 g/mol. The van der Waals surface area contributed by atoms with Gasteiger partial charge in [-0.05, 0) is 49.0 Å². The monoisotopic (exact) mass is 320 g/mol. The topological polar surface area (TPSA) is 26.3 Å². The summed E-state index contributed by atoms with van der Waals surface area (Å²) in [6.45, 7) is 0. The number of fused-ring (bicyclic) bond motifs is 1. The van der Waals surface area contributed by atoms with E-state index in [0.717, 1.165) is 24.7 Å². The summed E-state index contributed by atoms with van der Waals surface area (Å²) >= 11 is 1.93. The third-order valence-electron chi connectivity index (χ3n) is 5.91. The number of carbonyl (C=O) groups excluding carboxylic acids is 1. The molecule has 0 aromatic carbocycles. The third kappa shape index (κ3) is 3.10. The normalized spacial score (nSPS) is 31.5. The Hall–Kier alpha value is -0.830. The second-order valence-electron chi connectivity index (χ2n) is 7.01. The zero-order valence-electron chi connectivity index (χ0n) is 13.7. The number of ether oxygens (including phenoxy) is 1. The van der Waals surface area contributed by atoms with E-state index in [-0.39, 0.29) is 5.97 Å². The van der Waals surface area contributed by atoms with Crippen LogP contribution in [-0.2, 0) is 14.9 Å². The fourth-order valence-electron chi connectivity index (χ4n) is 4.81. The summed E-state index contributed by atoms with van der Waals surface area (Å²) in [6, 6.07) is 4.53. The molecule has 1 aromatic heterocycles. The van der Waals surface area contributed by atoms with Gasteiger partial charge in [-0.15, -0.1) is 11.3 Å². The largest absolute Gasteiger partial charge is 0.469 e. The van der Waals surface area contributed by atoms with E-state index < -0.39 is 0 Å². The van der Waals surface area contributed by atoms with Crippen molar-refractivity contribution in [3.8, 4) is 0 Å². The smallest absolute Gasteiger partial charge is 0.305 e. The van der Waals surface area contributed by atoms with Gasteiger partial charge in [-0.25, -0.2) is 0 Å². The first kappa shape index (κ1) is 16.0. The lowest BCUT2D eigenvalue weighted by Crippen LogP contribution is -2.12. The van der Waals surface area contributed by atoms with Gasteiger partial charge in [-0.1, -0.05) is 38.2 Å². The van der Waals surface area contributed by atoms with Crippen molar-refractivity contribution < 1.29 is 9.53 Å². The van der Waals surface area contributed by atoms with Gasteiger partial charge in [0.2, 0.25) is 0 Å². The SMILES string of the molecule is COC(=O)CCCC1(c2cccs2)C2CCCCCCCC21. The van der Waals surface area contributed by atoms with Crippen LogP contribution in [0.3, 0.4) is 0 Å². The molecule has 2 aliphatic carbocycles. The van der Waals surface area contributed by atoms with Crippen LogP contribution in [0.15, 0.2) is 17.5 Å². The van der Waals surface area contributed by atoms with Gasteiger partial charge < -0.3 is 4.74 Å². The fourth-order valence-corrected chi connectivity index (χ4v) is 5.90. The van der Waals surface area contributed by atoms with Gasteiger partial charge >= 0.3 is 5.97 Å². The Balaban J connectivity index is 1.72. The first-order valence-corrected chi connectivity index (χ1v) is 9.78. The minimum absolute atomic E-state index is 0.0591. The second-order valence-corrected chi connectivity index (χ2v) is 7.95. The zero-order valence-corrected chi connectivity index (χ0v) is 14.5. The van der Waals surface area contributed by atoms with Crippen LogP contribution < -0.4 is 0 Å². The molecule has 2 atom stereocenters. The molecule has 122 valence electrons. The number of esters is 1. The highest BCUT2D eigenvalue weighted by Crippen LogP contribution is 2.67. The van der Waals surface area contributed by atoms with Crippen LogP contribution in [0.25, 0.3) is 0 Å². The quantitative estimate of drug-likeness (QED) is 0.686. The fraction of sp³-hybridized carbons (Fsp3) is 0.737. The van der Waals surface area contributed by atoms with E-state index in [1.807, 2.05) is 11.3 Å². The zero-order chi connectivity index (χ0) is 15.4. The molecule has 3 heteroatoms. The molecule has 0 spiro atoms. The number of thiophene rings is 1. The molecule has 3 rings (SSSR count). The predicted octanol–water partition coefficient (Wildman–Crippen LogP) is 5.32. The van der Waals surface area contributed by atoms with Gasteiger partial charge in [0.05, 0.1) is 7.11 Å². The number of hydrogen-bond donors (Lipinski definition) is 0. The Labute approximate surface area is 138 Å². The van der Waals surface area contributed by atoms with Crippen LogP contribution in [-0.4, -0.2) is 13.1 Å². The van der Waals surface area contributed by atoms with Crippen molar-refractivity contribution in [1.82, 2.24) is 0 Å². The van der Waals surface area contributed by atoms with Crippen LogP contribution >= 0.6 is 11.3 Å². The molecule has 1 aromatic rings. The molecule has 0 bridgehead atoms. The lowest BCUT2D eigenvalue weighted by molar-refractivity contribution is -0.140. The van der Waals surface area contributed by atoms with Crippen LogP contribution in [0.5, 0.6) is 0 Å². The molecule has 0 aliphatic heterocycles. The summed E-state index contributed by atoms with van der Waals surface area (Å²) in [5.74, 6) is 1.67. The number of rotatable bonds is 5. The Morgan fingerprint density at radius 1 is 1.23 bits per heavy atom. The molecular formula is C19H28O2S. The molecule has 0 radical (unpaired) electrons. The second kappa shape index (κ2) is 7.16. The van der Waals surface area contributed by atoms with Crippen LogP contribution in [0.4, 0.5) is 0 Å². The van der Waals surface area contributed by atoms with Gasteiger partial charge in [0.1, 0.15) is 0 Å². The van der Waals surface area contributed by atoms with Gasteiger partial charge in [-0.2, -0.15) is 0 Å². The highest BCUT2D eigenvalue weighted by atomic mass is 32.1. The number of hydrogen-bond acceptors (Lipinski definition) is 3. The van der Waals surface area contributed by atoms with Crippen molar-refractivity contribution >= 4 is 17.3 Å². The third-order valence-corrected chi connectivity index (χ3v) is 6.97. The molecule has 0 N–H and O–H groups in total. The maximum atomic E-state index is 11.5. The minimum Gasteiger partial charge on any atom is -0.469 e. The minimum atomic E-state index is -0.0591. The summed E-state index contributed by atoms with van der Waals surface area (Å²) < 4.78 is 4.81. The molecule has 2 aliphatic rings. The summed E-state index contributed by atoms with van der Waals surface area (Å²) in [7, 11) is 1.49. The predicted molar refractivity (Wildman–Crippen MR) is 91.2 cm³/mol. The van der Waals surface area contributed by atoms with E-state index in [1.165, 1.54) is 52.1 Å².